The van der Waals surface area contributed by atoms with E-state index in [1.165, 1.54) is 30.3 Å². The summed E-state index contributed by atoms with van der Waals surface area (Å²) in [5, 5.41) is 1.84. The molecule has 0 saturated carbocycles. The number of aliphatic imine (C=N–C) groups is 1. The molecule has 0 saturated heterocycles. The highest BCUT2D eigenvalue weighted by atomic mass is 31.2. The molecule has 4 rings (SSSR count). The number of alkyl halides is 6. The van der Waals surface area contributed by atoms with Crippen LogP contribution < -0.4 is 21.3 Å². The van der Waals surface area contributed by atoms with Crippen molar-refractivity contribution in [2.24, 2.45) is 22.6 Å². The average molecular weight is 803 g/mol. The Morgan fingerprint density at radius 3 is 2.11 bits per heavy atom. The highest BCUT2D eigenvalue weighted by molar-refractivity contribution is 7.60. The van der Waals surface area contributed by atoms with Crippen molar-refractivity contribution in [3.8, 4) is 0 Å². The second-order valence-electron chi connectivity index (χ2n) is 12.6. The standard InChI is InChI=1S/C35H34F7N4O8P/c1-19-4-2-7-26-28(21-5-3-6-22(36)17-21)44-31(45-32(49)25(13-15-35(40,41)42)24(30(43)48)12-14-34(37,38)39)33(50)46(29(19)26)18-54-27(47)16-20-8-10-23(11-9-20)55(51,52)53/h2-11,17,24-25,31H,12-16,18H2,1H3,(H2,43,48)(H,45,49)(H2,51,52,53). The Kier molecular flexibility index (Phi) is 13.3. The quantitative estimate of drug-likeness (QED) is 0.102. The van der Waals surface area contributed by atoms with Gasteiger partial charge >= 0.3 is 25.9 Å². The smallest absolute Gasteiger partial charge is 0.389 e. The zero-order valence-corrected chi connectivity index (χ0v) is 29.6. The molecule has 0 radical (unpaired) electrons. The third-order valence-electron chi connectivity index (χ3n) is 8.54. The van der Waals surface area contributed by atoms with Gasteiger partial charge < -0.3 is 25.6 Å². The topological polar surface area (TPSA) is 189 Å². The zero-order valence-electron chi connectivity index (χ0n) is 28.7. The Morgan fingerprint density at radius 2 is 1.55 bits per heavy atom. The second kappa shape index (κ2) is 17.1. The number of carbonyl (C=O) groups is 4. The van der Waals surface area contributed by atoms with E-state index >= 15 is 0 Å². The molecule has 3 unspecified atom stereocenters. The van der Waals surface area contributed by atoms with Crippen molar-refractivity contribution in [3.05, 3.63) is 94.8 Å². The molecule has 296 valence electrons. The number of anilines is 1. The number of nitrogens with one attached hydrogen (secondary N) is 1. The molecule has 1 heterocycles. The largest absolute Gasteiger partial charge is 0.444 e. The van der Waals surface area contributed by atoms with Crippen LogP contribution in [0.5, 0.6) is 0 Å². The summed E-state index contributed by atoms with van der Waals surface area (Å²) in [5.74, 6) is -9.95. The third-order valence-corrected chi connectivity index (χ3v) is 9.51. The maximum Gasteiger partial charge on any atom is 0.389 e. The summed E-state index contributed by atoms with van der Waals surface area (Å²) in [7, 11) is -4.58. The number of aryl methyl sites for hydroxylation is 1. The van der Waals surface area contributed by atoms with Gasteiger partial charge in [-0.25, -0.2) is 9.38 Å². The van der Waals surface area contributed by atoms with E-state index in [1.54, 1.807) is 19.1 Å². The van der Waals surface area contributed by atoms with Crippen molar-refractivity contribution in [1.29, 1.82) is 0 Å². The summed E-state index contributed by atoms with van der Waals surface area (Å²) in [5.41, 5.74) is 6.08. The molecule has 55 heavy (non-hydrogen) atoms. The van der Waals surface area contributed by atoms with Crippen molar-refractivity contribution in [1.82, 2.24) is 5.32 Å². The number of nitrogens with zero attached hydrogens (tertiary/aromatic N) is 2. The lowest BCUT2D eigenvalue weighted by atomic mass is 9.83. The SMILES string of the molecule is Cc1cccc2c1N(COC(=O)Cc1ccc(P(=O)(O)O)cc1)C(=O)C(NC(=O)C(CCC(F)(F)F)C(CCC(F)(F)F)C(N)=O)N=C2c1cccc(F)c1. The molecule has 5 N–H and O–H groups in total. The Balaban J connectivity index is 1.74. The van der Waals surface area contributed by atoms with Crippen molar-refractivity contribution in [2.45, 2.75) is 57.5 Å². The first-order chi connectivity index (χ1) is 25.5. The first kappa shape index (κ1) is 42.6. The molecule has 20 heteroatoms. The van der Waals surface area contributed by atoms with Crippen LogP contribution in [0.25, 0.3) is 0 Å². The van der Waals surface area contributed by atoms with Crippen LogP contribution in [0.2, 0.25) is 0 Å². The molecule has 1 aliphatic rings. The van der Waals surface area contributed by atoms with Crippen LogP contribution in [-0.4, -0.2) is 64.4 Å². The Morgan fingerprint density at radius 1 is 0.945 bits per heavy atom. The molecule has 0 spiro atoms. The van der Waals surface area contributed by atoms with E-state index in [1.807, 2.05) is 0 Å². The van der Waals surface area contributed by atoms with E-state index < -0.39 is 106 Å². The minimum absolute atomic E-state index is 0.0554. The summed E-state index contributed by atoms with van der Waals surface area (Å²) in [4.78, 5) is 77.2. The Bertz CT molecular complexity index is 2000. The number of primary amides is 1. The summed E-state index contributed by atoms with van der Waals surface area (Å²) in [6, 6.07) is 14.1. The fourth-order valence-electron chi connectivity index (χ4n) is 5.91. The molecule has 3 atom stereocenters. The number of halogens is 7. The fraction of sp³-hybridized carbons (Fsp3) is 0.343. The third kappa shape index (κ3) is 11.7. The maximum absolute atomic E-state index is 14.5. The van der Waals surface area contributed by atoms with Gasteiger partial charge in [-0.15, -0.1) is 0 Å². The number of rotatable bonds is 14. The molecule has 0 aliphatic carbocycles. The minimum atomic E-state index is -4.91. The number of benzodiazepines with no additional fused rings is 1. The molecule has 0 bridgehead atoms. The number of ether oxygens (including phenoxy) is 1. The van der Waals surface area contributed by atoms with Gasteiger partial charge in [0.25, 0.3) is 5.91 Å². The van der Waals surface area contributed by atoms with Gasteiger partial charge in [-0.2, -0.15) is 26.3 Å². The molecule has 0 fully saturated rings. The molecule has 0 aromatic heterocycles. The maximum atomic E-state index is 14.5. The molecule has 12 nitrogen and oxygen atoms in total. The van der Waals surface area contributed by atoms with Crippen molar-refractivity contribution in [2.75, 3.05) is 11.6 Å². The van der Waals surface area contributed by atoms with E-state index in [2.05, 4.69) is 10.3 Å². The van der Waals surface area contributed by atoms with Crippen molar-refractivity contribution < 1.29 is 69.0 Å². The van der Waals surface area contributed by atoms with Crippen LogP contribution in [-0.2, 0) is 34.9 Å². The van der Waals surface area contributed by atoms with Crippen LogP contribution >= 0.6 is 7.60 Å². The summed E-state index contributed by atoms with van der Waals surface area (Å²) >= 11 is 0. The zero-order chi connectivity index (χ0) is 40.9. The number of hydrogen-bond acceptors (Lipinski definition) is 7. The number of para-hydroxylation sites is 1. The van der Waals surface area contributed by atoms with Gasteiger partial charge in [0.05, 0.1) is 23.1 Å². The highest BCUT2D eigenvalue weighted by Gasteiger charge is 2.42. The molecular formula is C35H34F7N4O8P. The highest BCUT2D eigenvalue weighted by Crippen LogP contribution is 2.35. The van der Waals surface area contributed by atoms with E-state index in [-0.39, 0.29) is 33.4 Å². The van der Waals surface area contributed by atoms with E-state index in [9.17, 15) is 64.3 Å². The van der Waals surface area contributed by atoms with Gasteiger partial charge in [0.15, 0.2) is 6.73 Å². The number of hydrogen-bond donors (Lipinski definition) is 4. The Labute approximate surface area is 308 Å². The van der Waals surface area contributed by atoms with Gasteiger partial charge in [-0.3, -0.25) is 28.6 Å². The van der Waals surface area contributed by atoms with Crippen molar-refractivity contribution in [3.63, 3.8) is 0 Å². The van der Waals surface area contributed by atoms with Gasteiger partial charge in [-0.1, -0.05) is 42.5 Å². The number of benzene rings is 3. The summed E-state index contributed by atoms with van der Waals surface area (Å²) in [6.45, 7) is 0.693. The van der Waals surface area contributed by atoms with E-state index in [0.717, 1.165) is 29.2 Å². The summed E-state index contributed by atoms with van der Waals surface area (Å²) in [6.07, 6.45) is -18.0. The van der Waals surface area contributed by atoms with Crippen molar-refractivity contribution >= 4 is 48.0 Å². The van der Waals surface area contributed by atoms with Crippen LogP contribution in [0.3, 0.4) is 0 Å². The Hall–Kier alpha value is -5.13. The molecule has 3 aromatic rings. The number of fused-ring (bicyclic) bond motifs is 1. The predicted molar refractivity (Wildman–Crippen MR) is 182 cm³/mol. The average Bonchev–Trinajstić information content (AvgIpc) is 3.18. The lowest BCUT2D eigenvalue weighted by molar-refractivity contribution is -0.152. The minimum Gasteiger partial charge on any atom is -0.444 e. The van der Waals surface area contributed by atoms with Gasteiger partial charge in [0.2, 0.25) is 18.0 Å². The molecule has 3 amide bonds. The lowest BCUT2D eigenvalue weighted by Gasteiger charge is -2.28. The van der Waals surface area contributed by atoms with Crippen LogP contribution in [0.4, 0.5) is 36.4 Å². The predicted octanol–water partition coefficient (Wildman–Crippen LogP) is 4.71. The van der Waals surface area contributed by atoms with Gasteiger partial charge in [-0.05, 0) is 55.2 Å². The lowest BCUT2D eigenvalue weighted by Crippen LogP contribution is -2.51. The van der Waals surface area contributed by atoms with Crippen LogP contribution in [0.1, 0.15) is 47.9 Å². The monoisotopic (exact) mass is 802 g/mol. The van der Waals surface area contributed by atoms with Gasteiger partial charge in [0, 0.05) is 35.8 Å². The van der Waals surface area contributed by atoms with Gasteiger partial charge in [0.1, 0.15) is 5.82 Å². The number of carbonyl (C=O) groups excluding carboxylic acids is 4. The molecule has 3 aromatic carbocycles. The van der Waals surface area contributed by atoms with Crippen LogP contribution in [0, 0.1) is 24.6 Å². The first-order valence-corrected chi connectivity index (χ1v) is 17.9. The normalized spacial score (nSPS) is 16.0. The van der Waals surface area contributed by atoms with E-state index in [4.69, 9.17) is 10.5 Å². The first-order valence-electron chi connectivity index (χ1n) is 16.3. The number of amides is 3. The number of esters is 1. The molecule has 1 aliphatic heterocycles. The van der Waals surface area contributed by atoms with E-state index in [0.29, 0.717) is 5.56 Å². The molecular weight excluding hydrogens is 768 g/mol. The second-order valence-corrected chi connectivity index (χ2v) is 14.2. The fourth-order valence-corrected chi connectivity index (χ4v) is 6.44. The number of nitrogens with two attached hydrogens (primary N) is 1. The summed E-state index contributed by atoms with van der Waals surface area (Å²) < 4.78 is 111. The van der Waals surface area contributed by atoms with Crippen LogP contribution in [0.15, 0.2) is 71.7 Å².